The van der Waals surface area contributed by atoms with Crippen LogP contribution in [0.5, 0.6) is 17.2 Å². The van der Waals surface area contributed by atoms with Crippen molar-refractivity contribution in [3.05, 3.63) is 218 Å². The SMILES string of the molecule is CCOC(=O)/C=C/COc1cc(C)c(I)cc1I.CCOC(=O)Cc1coc2cc(C)c(I)cc12.CCOC(=O)Cc1coc2cc(NC(C)=S)c(I)cc12.CCOC(=O)Cc1coc2cc3nc(C)sc3cc12.Cc1cc(O)c(I)cc1I.Cc1cccc(O)c1.Cc1nc2cc3occ(C4CCC(=O)NC4=O)c3cc2s1.[CH3-].[W]. The number of aromatic hydroxyl groups is 2. The van der Waals surface area contributed by atoms with E-state index in [2.05, 4.69) is 162 Å². The van der Waals surface area contributed by atoms with Crippen LogP contribution in [-0.2, 0) is 88.0 Å². The number of carbonyl (C=O) groups excluding carboxylic acids is 6. The fourth-order valence-corrected chi connectivity index (χ4v) is 17.1. The number of amides is 2. The largest absolute Gasteiger partial charge is 0.508 e. The van der Waals surface area contributed by atoms with Gasteiger partial charge in [-0.3, -0.25) is 29.3 Å². The van der Waals surface area contributed by atoms with Crippen molar-refractivity contribution in [1.29, 1.82) is 0 Å². The van der Waals surface area contributed by atoms with E-state index in [0.29, 0.717) is 62.4 Å². The molecule has 0 saturated carbocycles. The summed E-state index contributed by atoms with van der Waals surface area (Å²) in [7, 11) is 0. The summed E-state index contributed by atoms with van der Waals surface area (Å²) in [6.45, 7) is 22.9. The van der Waals surface area contributed by atoms with Gasteiger partial charge in [0.15, 0.2) is 0 Å². The van der Waals surface area contributed by atoms with E-state index in [9.17, 15) is 33.9 Å². The number of piperidine rings is 1. The van der Waals surface area contributed by atoms with Crippen LogP contribution in [0.15, 0.2) is 152 Å². The predicted octanol–water partition coefficient (Wildman–Crippen LogP) is 22.4. The molecule has 31 heteroatoms. The molecule has 1 aliphatic heterocycles. The molecule has 1 saturated heterocycles. The molecular formula is C84H83I6N4O17S3W-. The molecule has 608 valence electrons. The molecule has 2 amide bonds. The monoisotopic (exact) mass is 2460 g/mol. The second-order valence-corrected chi connectivity index (χ2v) is 35.1. The molecule has 4 N–H and O–H groups in total. The van der Waals surface area contributed by atoms with E-state index < -0.39 is 0 Å². The molecule has 1 atom stereocenters. The maximum atomic E-state index is 12.0. The summed E-state index contributed by atoms with van der Waals surface area (Å²) in [4.78, 5) is 78.5. The number of fused-ring (bicyclic) bond motifs is 6. The van der Waals surface area contributed by atoms with Gasteiger partial charge in [0.25, 0.3) is 0 Å². The summed E-state index contributed by atoms with van der Waals surface area (Å²) in [6, 6.07) is 30.8. The Morgan fingerprint density at radius 2 is 1.03 bits per heavy atom. The van der Waals surface area contributed by atoms with Crippen LogP contribution in [0.4, 0.5) is 5.69 Å². The molecule has 0 spiro atoms. The van der Waals surface area contributed by atoms with Gasteiger partial charge in [-0.05, 0) is 313 Å². The van der Waals surface area contributed by atoms with Crippen molar-refractivity contribution in [2.45, 2.75) is 114 Å². The summed E-state index contributed by atoms with van der Waals surface area (Å²) in [5.74, 6) is -0.256. The van der Waals surface area contributed by atoms with Gasteiger partial charge in [-0.2, -0.15) is 0 Å². The number of hydrogen-bond acceptors (Lipinski definition) is 22. The van der Waals surface area contributed by atoms with E-state index in [1.165, 1.54) is 27.9 Å². The van der Waals surface area contributed by atoms with Crippen LogP contribution >= 0.6 is 170 Å². The second kappa shape index (κ2) is 47.4. The number of halogens is 6. The number of imide groups is 1. The number of aromatic nitrogens is 2. The number of phenols is 2. The molecular weight excluding hydrogens is 2380 g/mol. The topological polar surface area (TPSA) is 291 Å². The van der Waals surface area contributed by atoms with Gasteiger partial charge in [0.1, 0.15) is 46.2 Å². The Hall–Kier alpha value is -6.40. The first kappa shape index (κ1) is 97.4. The minimum Gasteiger partial charge on any atom is -0.508 e. The maximum absolute atomic E-state index is 12.0. The number of anilines is 1. The van der Waals surface area contributed by atoms with Crippen LogP contribution in [0.1, 0.15) is 108 Å². The minimum atomic E-state index is -0.338. The Labute approximate surface area is 775 Å². The third-order valence-corrected chi connectivity index (χ3v) is 24.4. The van der Waals surface area contributed by atoms with E-state index in [1.54, 1.807) is 99.7 Å². The molecule has 6 aromatic heterocycles. The van der Waals surface area contributed by atoms with Crippen molar-refractivity contribution in [2.24, 2.45) is 0 Å². The quantitative estimate of drug-likeness (QED) is 0.0133. The number of carbonyl (C=O) groups is 6. The van der Waals surface area contributed by atoms with Crippen molar-refractivity contribution in [2.75, 3.05) is 38.4 Å². The number of aryl methyl sites for hydroxylation is 6. The molecule has 1 unspecified atom stereocenters. The van der Waals surface area contributed by atoms with Crippen LogP contribution in [-0.4, -0.2) is 93.9 Å². The first-order valence-corrected chi connectivity index (χ1v) is 43.7. The first-order chi connectivity index (χ1) is 53.8. The number of furan rings is 4. The smallest absolute Gasteiger partial charge is 0.330 e. The summed E-state index contributed by atoms with van der Waals surface area (Å²) in [5, 5.41) is 29.4. The van der Waals surface area contributed by atoms with Crippen molar-refractivity contribution < 1.29 is 101 Å². The van der Waals surface area contributed by atoms with E-state index in [-0.39, 0.29) is 89.4 Å². The summed E-state index contributed by atoms with van der Waals surface area (Å²) < 4.78 is 56.0. The second-order valence-electron chi connectivity index (χ2n) is 25.0. The third kappa shape index (κ3) is 28.9. The molecule has 7 heterocycles. The summed E-state index contributed by atoms with van der Waals surface area (Å²) >= 11 is 21.7. The number of thiazole rings is 2. The molecule has 13 aromatic rings. The van der Waals surface area contributed by atoms with Crippen molar-refractivity contribution >= 4 is 281 Å². The molecule has 0 bridgehead atoms. The van der Waals surface area contributed by atoms with Crippen LogP contribution in [0.2, 0.25) is 0 Å². The maximum Gasteiger partial charge on any atom is 0.330 e. The van der Waals surface area contributed by atoms with Crippen LogP contribution in [0.25, 0.3) is 64.3 Å². The number of rotatable bonds is 16. The van der Waals surface area contributed by atoms with E-state index in [4.69, 9.17) is 58.7 Å². The first-order valence-electron chi connectivity index (χ1n) is 35.2. The number of phenolic OH excluding ortho intramolecular Hbond substituents is 2. The summed E-state index contributed by atoms with van der Waals surface area (Å²) in [6.07, 6.45) is 11.1. The Morgan fingerprint density at radius 1 is 0.574 bits per heavy atom. The molecule has 1 fully saturated rings. The van der Waals surface area contributed by atoms with E-state index >= 15 is 0 Å². The number of nitrogens with zero attached hydrogens (tertiary/aromatic N) is 2. The molecule has 21 nitrogen and oxygen atoms in total. The average Bonchev–Trinajstić information content (AvgIpc) is 1.63. The number of ether oxygens (including phenoxy) is 5. The zero-order valence-electron chi connectivity index (χ0n) is 64.7. The fraction of sp³-hybridized carbons (Fsp3) is 0.262. The summed E-state index contributed by atoms with van der Waals surface area (Å²) in [5.41, 5.74) is 13.8. The van der Waals surface area contributed by atoms with Crippen LogP contribution in [0, 0.1) is 70.4 Å². The number of hydrogen-bond donors (Lipinski definition) is 4. The molecule has 14 rings (SSSR count). The molecule has 1 aliphatic rings. The van der Waals surface area contributed by atoms with Crippen LogP contribution < -0.4 is 15.4 Å². The predicted molar refractivity (Wildman–Crippen MR) is 504 cm³/mol. The Balaban J connectivity index is 0.000000212. The van der Waals surface area contributed by atoms with Gasteiger partial charge >= 0.3 is 23.9 Å². The van der Waals surface area contributed by atoms with Gasteiger partial charge in [-0.1, -0.05) is 24.4 Å². The normalized spacial score (nSPS) is 12.0. The number of nitrogens with one attached hydrogen (secondary N) is 2. The standard InChI is InChI=1S/C15H12N2O3S.C14H14INO3S.C14H13NO3S.C13H14I2O3.C13H13IO3.C7H6I2O.C7H8O.CH3.W/c1-7-16-11-5-12-9(4-13(11)21-7)10(6-20-12)8-2-3-14(18)17-15(8)19;1-3-18-14(17)4-9-7-19-13-6-12(16-8(2)20)11(15)5-10(9)13;1-3-17-14(16)4-9-7-18-12-6-11-13(5-10(9)12)19-8(2)15-11;1-3-17-13(16)5-4-6-18-12-7-9(2)10(14)8-11(12)15;1-3-16-13(15)5-9-7-17-12-4-8(2)11(14)6-10(9)12;1-4-2-7(10)6(9)3-5(4)8;1-6-3-2-4-7(8)5-6;;/h4-6,8H,2-3H2,1H3,(H,17,18,19);5-7H,3-4H2,1-2H3,(H,16,20);5-7H,3-4H2,1-2H3;4-5,7-8H,3,6H2,1-2H3;4,6-7H,3,5H2,1-2H3;2-3,10H,1H3;2-5,8H,1H3;1H3;/q;;;;;;;-1;/b;;;5-4+;;;;;. The molecule has 115 heavy (non-hydrogen) atoms. The van der Waals surface area contributed by atoms with Crippen molar-refractivity contribution in [1.82, 2.24) is 15.3 Å². The Kier molecular flexibility index (Phi) is 40.2. The Bertz CT molecular complexity index is 5570. The van der Waals surface area contributed by atoms with Gasteiger partial charge in [-0.15, -0.1) is 22.7 Å². The average molecular weight is 2460 g/mol. The molecule has 0 radical (unpaired) electrons. The molecule has 7 aromatic carbocycles. The number of esters is 4. The van der Waals surface area contributed by atoms with Gasteiger partial charge in [0, 0.05) is 110 Å². The third-order valence-electron chi connectivity index (χ3n) is 16.3. The minimum absolute atomic E-state index is 0. The van der Waals surface area contributed by atoms with Crippen molar-refractivity contribution in [3.63, 3.8) is 0 Å². The fourth-order valence-electron chi connectivity index (χ4n) is 11.0. The van der Waals surface area contributed by atoms with Gasteiger partial charge in [-0.25, -0.2) is 14.8 Å². The van der Waals surface area contributed by atoms with Gasteiger partial charge in [0.05, 0.1) is 125 Å². The van der Waals surface area contributed by atoms with E-state index in [0.717, 1.165) is 130 Å². The molecule has 0 aliphatic carbocycles. The zero-order chi connectivity index (χ0) is 82.3. The van der Waals surface area contributed by atoms with Crippen molar-refractivity contribution in [3.8, 4) is 17.2 Å². The van der Waals surface area contributed by atoms with E-state index in [1.807, 2.05) is 121 Å². The number of benzene rings is 7. The Morgan fingerprint density at radius 3 is 1.53 bits per heavy atom. The van der Waals surface area contributed by atoms with Gasteiger partial charge < -0.3 is 64.3 Å². The number of thiocarbonyl (C=S) groups is 1. The van der Waals surface area contributed by atoms with Crippen LogP contribution in [0.3, 0.4) is 0 Å². The van der Waals surface area contributed by atoms with Gasteiger partial charge in [0.2, 0.25) is 11.8 Å². The zero-order valence-corrected chi connectivity index (χ0v) is 83.0.